The number of piperidine rings is 1. The molecule has 15 nitrogen and oxygen atoms in total. The number of rotatable bonds is 29. The number of unbranched alkanes of at least 4 members (excludes halogenated alkanes) is 3. The Kier molecular flexibility index (Phi) is 32.1. The lowest BCUT2D eigenvalue weighted by molar-refractivity contribution is -0.147. The summed E-state index contributed by atoms with van der Waals surface area (Å²) in [4.78, 5) is 76.2. The smallest absolute Gasteiger partial charge is 0.227 e. The van der Waals surface area contributed by atoms with Gasteiger partial charge in [-0.2, -0.15) is 0 Å². The molecule has 0 aromatic carbocycles. The van der Waals surface area contributed by atoms with Crippen LogP contribution in [0.15, 0.2) is 0 Å². The number of amides is 1. The van der Waals surface area contributed by atoms with Crippen LogP contribution < -0.4 is 17.2 Å². The lowest BCUT2D eigenvalue weighted by atomic mass is 9.70. The SMILES string of the molecule is CC(=O)[C@@H]1[C@@H]2[C@H](CN1C(=O)[C@@H](CC(=O)CC1(CS(=O)(=O)C(C)(C)C)CCCCC1)C(C)(C)C)C2(C)C.CCCC[C@H](N)[C@@H](O)C(=O)CC1CC1.CCCC[C@H](N)[C@H](O)C(=O)CC1CC1.CCCC[C@H](N)[C@H](O)C(=O)CC1CC1.Cl.Cl. The second kappa shape index (κ2) is 33.7. The van der Waals surface area contributed by atoms with Crippen LogP contribution >= 0.6 is 24.8 Å². The minimum atomic E-state index is -3.38. The molecule has 80 heavy (non-hydrogen) atoms. The second-order valence-electron chi connectivity index (χ2n) is 27.9. The van der Waals surface area contributed by atoms with E-state index in [2.05, 4.69) is 34.6 Å². The number of Topliss-reactive ketones (excluding diaryl/α,β-unsaturated/α-hetero) is 5. The van der Waals surface area contributed by atoms with Gasteiger partial charge in [-0.1, -0.05) is 113 Å². The predicted octanol–water partition coefficient (Wildman–Crippen LogP) is 9.78. The molecule has 1 aliphatic heterocycles. The normalized spacial score (nSPS) is 23.5. The maximum atomic E-state index is 13.9. The predicted molar refractivity (Wildman–Crippen MR) is 325 cm³/mol. The van der Waals surface area contributed by atoms with E-state index in [9.17, 15) is 52.5 Å². The topological polar surface area (TPSA) is 279 Å². The molecule has 18 heteroatoms. The monoisotopic (exact) mass is 1190 g/mol. The molecule has 6 fully saturated rings. The Morgan fingerprint density at radius 2 is 0.988 bits per heavy atom. The number of carbonyl (C=O) groups is 6. The van der Waals surface area contributed by atoms with Gasteiger partial charge in [0.25, 0.3) is 0 Å². The maximum absolute atomic E-state index is 13.9. The van der Waals surface area contributed by atoms with Gasteiger partial charge in [0.2, 0.25) is 5.91 Å². The molecule has 1 amide bonds. The largest absolute Gasteiger partial charge is 0.384 e. The summed E-state index contributed by atoms with van der Waals surface area (Å²) in [5.41, 5.74) is 16.3. The fourth-order valence-corrected chi connectivity index (χ4v) is 13.3. The van der Waals surface area contributed by atoms with Crippen LogP contribution in [0.1, 0.15) is 244 Å². The van der Waals surface area contributed by atoms with Crippen LogP contribution in [0, 0.1) is 51.8 Å². The van der Waals surface area contributed by atoms with Crippen molar-refractivity contribution in [2.24, 2.45) is 69.0 Å². The Balaban J connectivity index is 0.000000600. The van der Waals surface area contributed by atoms with Crippen LogP contribution in [-0.4, -0.2) is 123 Å². The Morgan fingerprint density at radius 1 is 0.625 bits per heavy atom. The van der Waals surface area contributed by atoms with Gasteiger partial charge in [-0.15, -0.1) is 24.8 Å². The van der Waals surface area contributed by atoms with Crippen molar-refractivity contribution in [1.29, 1.82) is 0 Å². The van der Waals surface area contributed by atoms with Gasteiger partial charge in [-0.25, -0.2) is 8.42 Å². The van der Waals surface area contributed by atoms with Crippen LogP contribution in [0.4, 0.5) is 0 Å². The van der Waals surface area contributed by atoms with Gasteiger partial charge in [0.1, 0.15) is 24.1 Å². The summed E-state index contributed by atoms with van der Waals surface area (Å²) < 4.78 is 25.4. The van der Waals surface area contributed by atoms with E-state index in [-0.39, 0.29) is 108 Å². The van der Waals surface area contributed by atoms with E-state index < -0.39 is 55.7 Å². The van der Waals surface area contributed by atoms with Crippen LogP contribution in [0.25, 0.3) is 0 Å². The molecule has 6 rings (SSSR count). The first-order valence-corrected chi connectivity index (χ1v) is 32.3. The van der Waals surface area contributed by atoms with Crippen molar-refractivity contribution in [3.05, 3.63) is 0 Å². The molecule has 10 atom stereocenters. The standard InChI is InChI=1S/C29H49NO5S.3C11H21NO2.2ClH/c1-19(31)24-23-22(28(23,8)9)17-30(24)25(33)21(26(2,3)4)15-20(32)16-29(13-11-10-12-14-29)18-36(34,35)27(5,6)7;3*1-2-3-4-9(12)11(14)10(13)7-8-5-6-8;;/h21-24H,10-18H2,1-9H3;3*8-9,11,14H,2-7,12H2,1H3;2*1H/t21-,22+,23+,24-;9-,11+;2*9-,11-;;/m1000../s1. The van der Waals surface area contributed by atoms with Crippen molar-refractivity contribution >= 4 is 69.5 Å². The molecule has 0 unspecified atom stereocenters. The number of hydrogen-bond acceptors (Lipinski definition) is 14. The molecule has 0 bridgehead atoms. The first-order chi connectivity index (χ1) is 36.2. The van der Waals surface area contributed by atoms with Gasteiger partial charge >= 0.3 is 0 Å². The number of ketones is 5. The van der Waals surface area contributed by atoms with Crippen molar-refractivity contribution in [2.45, 2.75) is 291 Å². The average Bonchev–Trinajstić information content (AvgIpc) is 4.21. The van der Waals surface area contributed by atoms with E-state index >= 15 is 0 Å². The van der Waals surface area contributed by atoms with Gasteiger partial charge in [0.15, 0.2) is 33.0 Å². The highest BCUT2D eigenvalue weighted by atomic mass is 35.5. The van der Waals surface area contributed by atoms with Crippen LogP contribution in [-0.2, 0) is 38.6 Å². The quantitative estimate of drug-likeness (QED) is 0.0407. The zero-order valence-electron chi connectivity index (χ0n) is 51.6. The molecule has 5 aliphatic carbocycles. The lowest BCUT2D eigenvalue weighted by Gasteiger charge is -2.40. The highest BCUT2D eigenvalue weighted by Crippen LogP contribution is 2.65. The number of sulfone groups is 1. The summed E-state index contributed by atoms with van der Waals surface area (Å²) in [6, 6.07) is -1.48. The summed E-state index contributed by atoms with van der Waals surface area (Å²) in [6.45, 7) is 23.8. The number of aliphatic hydroxyl groups is 3. The van der Waals surface area contributed by atoms with Crippen molar-refractivity contribution in [3.63, 3.8) is 0 Å². The second-order valence-corrected chi connectivity index (χ2v) is 30.6. The molecule has 468 valence electrons. The van der Waals surface area contributed by atoms with Gasteiger partial charge in [0.05, 0.1) is 16.5 Å². The third kappa shape index (κ3) is 24.2. The third-order valence-electron chi connectivity index (χ3n) is 18.0. The first kappa shape index (κ1) is 76.1. The van der Waals surface area contributed by atoms with Crippen molar-refractivity contribution in [3.8, 4) is 0 Å². The Bertz CT molecular complexity index is 1960. The molecule has 0 aromatic heterocycles. The number of fused-ring (bicyclic) bond motifs is 1. The van der Waals surface area contributed by atoms with Crippen molar-refractivity contribution in [1.82, 2.24) is 4.90 Å². The fraction of sp³-hybridized carbons (Fsp3) is 0.903. The summed E-state index contributed by atoms with van der Waals surface area (Å²) in [5, 5.41) is 28.8. The van der Waals surface area contributed by atoms with E-state index in [4.69, 9.17) is 17.2 Å². The molecule has 1 saturated heterocycles. The highest BCUT2D eigenvalue weighted by molar-refractivity contribution is 7.92. The van der Waals surface area contributed by atoms with Gasteiger partial charge in [-0.05, 0) is 144 Å². The number of nitrogens with two attached hydrogens (primary N) is 3. The molecule has 9 N–H and O–H groups in total. The lowest BCUT2D eigenvalue weighted by Crippen LogP contribution is -2.50. The number of nitrogens with zero attached hydrogens (tertiary/aromatic N) is 1. The molecule has 0 radical (unpaired) electrons. The molecular weight excluding hydrogens is 1080 g/mol. The van der Waals surface area contributed by atoms with Gasteiger partial charge in [0, 0.05) is 62.7 Å². The Morgan fingerprint density at radius 3 is 1.29 bits per heavy atom. The zero-order valence-corrected chi connectivity index (χ0v) is 54.1. The van der Waals surface area contributed by atoms with Gasteiger partial charge in [-0.3, -0.25) is 28.8 Å². The first-order valence-electron chi connectivity index (χ1n) is 30.6. The number of likely N-dealkylation sites (tertiary alicyclic amines) is 1. The van der Waals surface area contributed by atoms with E-state index in [1.807, 2.05) is 20.8 Å². The van der Waals surface area contributed by atoms with Crippen molar-refractivity contribution < 1.29 is 52.5 Å². The fourth-order valence-electron chi connectivity index (χ4n) is 11.6. The molecular formula is C62H114Cl2N4O11S. The third-order valence-corrected chi connectivity index (χ3v) is 20.9. The van der Waals surface area contributed by atoms with Crippen LogP contribution in [0.3, 0.4) is 0 Å². The van der Waals surface area contributed by atoms with E-state index in [0.717, 1.165) is 128 Å². The summed E-state index contributed by atoms with van der Waals surface area (Å²) in [7, 11) is -3.38. The zero-order chi connectivity index (χ0) is 59.1. The summed E-state index contributed by atoms with van der Waals surface area (Å²) >= 11 is 0. The minimum Gasteiger partial charge on any atom is -0.384 e. The van der Waals surface area contributed by atoms with Crippen molar-refractivity contribution in [2.75, 3.05) is 12.3 Å². The highest BCUT2D eigenvalue weighted by Gasteiger charge is 2.69. The van der Waals surface area contributed by atoms with Crippen LogP contribution in [0.5, 0.6) is 0 Å². The average molecular weight is 1190 g/mol. The number of halogens is 2. The summed E-state index contributed by atoms with van der Waals surface area (Å²) in [5.74, 6) is 1.35. The maximum Gasteiger partial charge on any atom is 0.227 e. The van der Waals surface area contributed by atoms with E-state index in [1.54, 1.807) is 32.6 Å². The molecule has 1 heterocycles. The molecule has 0 aromatic rings. The molecule has 5 saturated carbocycles. The Hall–Kier alpha value is -1.89. The molecule has 0 spiro atoms. The molecule has 6 aliphatic rings. The minimum absolute atomic E-state index is 0. The summed E-state index contributed by atoms with van der Waals surface area (Å²) in [6.07, 6.45) is 18.7. The van der Waals surface area contributed by atoms with Gasteiger partial charge < -0.3 is 37.4 Å². The number of carbonyl (C=O) groups excluding carboxylic acids is 6. The van der Waals surface area contributed by atoms with E-state index in [1.165, 1.54) is 0 Å². The number of hydrogen-bond donors (Lipinski definition) is 6. The van der Waals surface area contributed by atoms with E-state index in [0.29, 0.717) is 49.5 Å². The Labute approximate surface area is 496 Å². The number of aliphatic hydroxyl groups excluding tert-OH is 3. The van der Waals surface area contributed by atoms with Crippen LogP contribution in [0.2, 0.25) is 0 Å².